The number of fused-ring (bicyclic) bond motifs is 1. The molecule has 0 spiro atoms. The number of anilines is 1. The third-order valence-electron chi connectivity index (χ3n) is 6.21. The molecule has 2 fully saturated rings. The molecule has 32 heavy (non-hydrogen) atoms. The van der Waals surface area contributed by atoms with E-state index in [2.05, 4.69) is 11.0 Å². The van der Waals surface area contributed by atoms with Crippen molar-refractivity contribution in [1.82, 2.24) is 9.88 Å². The van der Waals surface area contributed by atoms with Crippen molar-refractivity contribution in [3.63, 3.8) is 0 Å². The van der Waals surface area contributed by atoms with Gasteiger partial charge < -0.3 is 14.5 Å². The molecule has 0 atom stereocenters. The van der Waals surface area contributed by atoms with E-state index >= 15 is 0 Å². The second-order valence-electron chi connectivity index (χ2n) is 8.14. The fraction of sp³-hybridized carbons (Fsp3) is 0.391. The maximum atomic E-state index is 13.5. The Morgan fingerprint density at radius 3 is 2.56 bits per heavy atom. The number of hydrogen-bond acceptors (Lipinski definition) is 7. The number of nitro benzene ring substituents is 1. The number of aromatic nitrogens is 1. The first kappa shape index (κ1) is 20.8. The van der Waals surface area contributed by atoms with Crippen molar-refractivity contribution in [2.24, 2.45) is 0 Å². The van der Waals surface area contributed by atoms with Crippen molar-refractivity contribution >= 4 is 38.8 Å². The van der Waals surface area contributed by atoms with Gasteiger partial charge in [0.1, 0.15) is 0 Å². The highest BCUT2D eigenvalue weighted by molar-refractivity contribution is 7.18. The van der Waals surface area contributed by atoms with Gasteiger partial charge in [-0.2, -0.15) is 0 Å². The predicted octanol–water partition coefficient (Wildman–Crippen LogP) is 4.06. The number of amides is 1. The number of piperidine rings is 1. The summed E-state index contributed by atoms with van der Waals surface area (Å²) in [7, 11) is 0. The van der Waals surface area contributed by atoms with Crippen molar-refractivity contribution < 1.29 is 14.5 Å². The molecule has 0 bridgehead atoms. The van der Waals surface area contributed by atoms with Crippen LogP contribution in [0.5, 0.6) is 0 Å². The number of carbonyl (C=O) groups is 1. The molecule has 0 saturated carbocycles. The molecule has 9 heteroatoms. The number of thiazole rings is 1. The van der Waals surface area contributed by atoms with E-state index in [4.69, 9.17) is 9.72 Å². The maximum absolute atomic E-state index is 13.5. The second-order valence-corrected chi connectivity index (χ2v) is 9.21. The van der Waals surface area contributed by atoms with E-state index in [1.54, 1.807) is 17.4 Å². The molecule has 0 radical (unpaired) electrons. The molecular formula is C23H24N4O4S. The number of non-ortho nitro benzene ring substituents is 1. The average molecular weight is 453 g/mol. The van der Waals surface area contributed by atoms with Crippen molar-refractivity contribution in [3.8, 4) is 0 Å². The van der Waals surface area contributed by atoms with E-state index in [1.165, 1.54) is 16.8 Å². The minimum atomic E-state index is -0.445. The van der Waals surface area contributed by atoms with Crippen LogP contribution in [0.4, 0.5) is 11.4 Å². The zero-order valence-electron chi connectivity index (χ0n) is 17.6. The number of carbonyl (C=O) groups excluding carboxylic acids is 1. The Morgan fingerprint density at radius 2 is 1.84 bits per heavy atom. The number of para-hydroxylation sites is 1. The number of nitro groups is 1. The Labute approximate surface area is 189 Å². The monoisotopic (exact) mass is 452 g/mol. The number of morpholine rings is 1. The Kier molecular flexibility index (Phi) is 5.75. The van der Waals surface area contributed by atoms with Crippen LogP contribution in [0.3, 0.4) is 0 Å². The lowest BCUT2D eigenvalue weighted by Crippen LogP contribution is -2.40. The highest BCUT2D eigenvalue weighted by Gasteiger charge is 2.30. The Morgan fingerprint density at radius 1 is 1.09 bits per heavy atom. The zero-order valence-corrected chi connectivity index (χ0v) is 18.4. The molecule has 0 N–H and O–H groups in total. The molecule has 1 amide bonds. The SMILES string of the molecule is O=C(c1cc([N+](=O)[O-])ccc1N1CCOCC1)N1CCC(c2nc3ccccc3s2)CC1. The topological polar surface area (TPSA) is 88.8 Å². The smallest absolute Gasteiger partial charge is 0.270 e. The molecule has 8 nitrogen and oxygen atoms in total. The van der Waals surface area contributed by atoms with Crippen LogP contribution in [0, 0.1) is 10.1 Å². The van der Waals surface area contributed by atoms with Crippen LogP contribution < -0.4 is 4.90 Å². The Bertz CT molecular complexity index is 1120. The number of rotatable bonds is 4. The van der Waals surface area contributed by atoms with E-state index in [1.807, 2.05) is 23.1 Å². The van der Waals surface area contributed by atoms with Gasteiger partial charge in [0.2, 0.25) is 0 Å². The fourth-order valence-corrected chi connectivity index (χ4v) is 5.59. The number of benzene rings is 2. The molecule has 166 valence electrons. The van der Waals surface area contributed by atoms with Gasteiger partial charge in [-0.05, 0) is 31.0 Å². The summed E-state index contributed by atoms with van der Waals surface area (Å²) in [5.41, 5.74) is 2.12. The molecule has 0 unspecified atom stereocenters. The first-order valence-electron chi connectivity index (χ1n) is 10.9. The summed E-state index contributed by atoms with van der Waals surface area (Å²) in [4.78, 5) is 33.1. The molecule has 2 aromatic carbocycles. The van der Waals surface area contributed by atoms with E-state index in [9.17, 15) is 14.9 Å². The van der Waals surface area contributed by atoms with Gasteiger partial charge in [0.25, 0.3) is 11.6 Å². The molecule has 2 aliphatic heterocycles. The summed E-state index contributed by atoms with van der Waals surface area (Å²) < 4.78 is 6.61. The number of hydrogen-bond donors (Lipinski definition) is 0. The summed E-state index contributed by atoms with van der Waals surface area (Å²) in [5.74, 6) is 0.193. The van der Waals surface area contributed by atoms with Crippen molar-refractivity contribution in [3.05, 3.63) is 63.1 Å². The highest BCUT2D eigenvalue weighted by atomic mass is 32.1. The minimum Gasteiger partial charge on any atom is -0.378 e. The van der Waals surface area contributed by atoms with Gasteiger partial charge in [-0.3, -0.25) is 14.9 Å². The molecule has 3 heterocycles. The van der Waals surface area contributed by atoms with Crippen molar-refractivity contribution in [1.29, 1.82) is 0 Å². The Balaban J connectivity index is 1.35. The van der Waals surface area contributed by atoms with Crippen LogP contribution in [0.15, 0.2) is 42.5 Å². The first-order chi connectivity index (χ1) is 15.6. The lowest BCUT2D eigenvalue weighted by Gasteiger charge is -2.34. The predicted molar refractivity (Wildman–Crippen MR) is 124 cm³/mol. The van der Waals surface area contributed by atoms with Gasteiger partial charge in [-0.25, -0.2) is 4.98 Å². The third kappa shape index (κ3) is 4.05. The van der Waals surface area contributed by atoms with E-state index in [-0.39, 0.29) is 11.6 Å². The minimum absolute atomic E-state index is 0.0604. The third-order valence-corrected chi connectivity index (χ3v) is 7.41. The first-order valence-corrected chi connectivity index (χ1v) is 11.7. The molecular weight excluding hydrogens is 428 g/mol. The van der Waals surface area contributed by atoms with Crippen LogP contribution in [-0.2, 0) is 4.74 Å². The fourth-order valence-electron chi connectivity index (χ4n) is 4.45. The lowest BCUT2D eigenvalue weighted by atomic mass is 9.96. The largest absolute Gasteiger partial charge is 0.378 e. The summed E-state index contributed by atoms with van der Waals surface area (Å²) in [6, 6.07) is 12.7. The summed E-state index contributed by atoms with van der Waals surface area (Å²) in [6.07, 6.45) is 1.68. The normalized spacial score (nSPS) is 17.6. The van der Waals surface area contributed by atoms with Gasteiger partial charge in [0.05, 0.1) is 44.6 Å². The molecule has 3 aromatic rings. The number of nitrogens with zero attached hydrogens (tertiary/aromatic N) is 4. The van der Waals surface area contributed by atoms with Gasteiger partial charge in [0, 0.05) is 44.2 Å². The molecule has 2 saturated heterocycles. The van der Waals surface area contributed by atoms with E-state index in [0.29, 0.717) is 50.9 Å². The molecule has 1 aromatic heterocycles. The van der Waals surface area contributed by atoms with Crippen molar-refractivity contribution in [2.45, 2.75) is 18.8 Å². The van der Waals surface area contributed by atoms with Crippen LogP contribution >= 0.6 is 11.3 Å². The van der Waals surface area contributed by atoms with E-state index in [0.717, 1.165) is 29.1 Å². The maximum Gasteiger partial charge on any atom is 0.270 e. The van der Waals surface area contributed by atoms with Gasteiger partial charge in [-0.1, -0.05) is 12.1 Å². The zero-order chi connectivity index (χ0) is 22.1. The van der Waals surface area contributed by atoms with E-state index < -0.39 is 4.92 Å². The van der Waals surface area contributed by atoms with Crippen molar-refractivity contribution in [2.75, 3.05) is 44.3 Å². The van der Waals surface area contributed by atoms with Crippen LogP contribution in [0.25, 0.3) is 10.2 Å². The van der Waals surface area contributed by atoms with Gasteiger partial charge in [0.15, 0.2) is 0 Å². The molecule has 2 aliphatic rings. The van der Waals surface area contributed by atoms with Gasteiger partial charge in [-0.15, -0.1) is 11.3 Å². The van der Waals surface area contributed by atoms with Crippen LogP contribution in [0.1, 0.15) is 34.1 Å². The summed E-state index contributed by atoms with van der Waals surface area (Å²) in [5, 5.41) is 12.5. The summed E-state index contributed by atoms with van der Waals surface area (Å²) in [6.45, 7) is 3.72. The quantitative estimate of drug-likeness (QED) is 0.438. The summed E-state index contributed by atoms with van der Waals surface area (Å²) >= 11 is 1.73. The molecule has 0 aliphatic carbocycles. The number of likely N-dealkylation sites (tertiary alicyclic amines) is 1. The standard InChI is InChI=1S/C23H24N4O4S/c28-23(18-15-17(27(29)30)5-6-20(18)25-11-13-31-14-12-25)26-9-7-16(8-10-26)22-24-19-3-1-2-4-21(19)32-22/h1-6,15-16H,7-14H2. The van der Waals surface area contributed by atoms with Crippen LogP contribution in [-0.4, -0.2) is 60.1 Å². The molecule has 5 rings (SSSR count). The Hall–Kier alpha value is -3.04. The number of ether oxygens (including phenoxy) is 1. The van der Waals surface area contributed by atoms with Gasteiger partial charge >= 0.3 is 0 Å². The lowest BCUT2D eigenvalue weighted by molar-refractivity contribution is -0.384. The second kappa shape index (κ2) is 8.84. The van der Waals surface area contributed by atoms with Crippen LogP contribution in [0.2, 0.25) is 0 Å². The highest BCUT2D eigenvalue weighted by Crippen LogP contribution is 2.35. The average Bonchev–Trinajstić information content (AvgIpc) is 3.28.